The van der Waals surface area contributed by atoms with Crippen LogP contribution in [0.4, 0.5) is 5.69 Å². The van der Waals surface area contributed by atoms with Gasteiger partial charge in [0.15, 0.2) is 5.69 Å². The zero-order valence-corrected chi connectivity index (χ0v) is 10.0. The zero-order valence-electron chi connectivity index (χ0n) is 10.0. The molecule has 19 heavy (non-hydrogen) atoms. The number of benzene rings is 1. The standard InChI is InChI=1S/C11H11N5O3/c1-19-9-3-2-6(10(12)17)4-7(9)14-11(18)8-5-13-16-15-8/h2-5H,1H3,(H2,12,17)(H,14,18)(H,13,15,16). The van der Waals surface area contributed by atoms with E-state index >= 15 is 0 Å². The van der Waals surface area contributed by atoms with Crippen molar-refractivity contribution in [2.24, 2.45) is 5.73 Å². The molecule has 2 amide bonds. The molecule has 2 rings (SSSR count). The number of hydrogen-bond donors (Lipinski definition) is 3. The number of carbonyl (C=O) groups excluding carboxylic acids is 2. The third kappa shape index (κ3) is 2.68. The molecule has 8 heteroatoms. The summed E-state index contributed by atoms with van der Waals surface area (Å²) in [5, 5.41) is 12.1. The summed E-state index contributed by atoms with van der Waals surface area (Å²) in [7, 11) is 1.45. The SMILES string of the molecule is COc1ccc(C(N)=O)cc1NC(=O)c1cn[nH]n1. The zero-order chi connectivity index (χ0) is 13.8. The Bertz CT molecular complexity index is 609. The number of nitrogens with two attached hydrogens (primary N) is 1. The Morgan fingerprint density at radius 3 is 2.79 bits per heavy atom. The monoisotopic (exact) mass is 261 g/mol. The molecule has 8 nitrogen and oxygen atoms in total. The largest absolute Gasteiger partial charge is 0.495 e. The fraction of sp³-hybridized carbons (Fsp3) is 0.0909. The smallest absolute Gasteiger partial charge is 0.277 e. The highest BCUT2D eigenvalue weighted by molar-refractivity contribution is 6.04. The molecule has 4 N–H and O–H groups in total. The summed E-state index contributed by atoms with van der Waals surface area (Å²) >= 11 is 0. The Hall–Kier alpha value is -2.90. The van der Waals surface area contributed by atoms with Crippen LogP contribution in [-0.4, -0.2) is 34.3 Å². The highest BCUT2D eigenvalue weighted by atomic mass is 16.5. The Kier molecular flexibility index (Phi) is 3.42. The Labute approximate surface area is 107 Å². The van der Waals surface area contributed by atoms with Crippen LogP contribution in [0.15, 0.2) is 24.4 Å². The van der Waals surface area contributed by atoms with Crippen LogP contribution in [0.3, 0.4) is 0 Å². The normalized spacial score (nSPS) is 9.95. The van der Waals surface area contributed by atoms with Gasteiger partial charge >= 0.3 is 0 Å². The van der Waals surface area contributed by atoms with Crippen molar-refractivity contribution in [2.75, 3.05) is 12.4 Å². The molecule has 98 valence electrons. The third-order valence-electron chi connectivity index (χ3n) is 2.38. The number of nitrogens with zero attached hydrogens (tertiary/aromatic N) is 2. The van der Waals surface area contributed by atoms with Crippen molar-refractivity contribution in [3.8, 4) is 5.75 Å². The van der Waals surface area contributed by atoms with Crippen molar-refractivity contribution in [1.82, 2.24) is 15.4 Å². The lowest BCUT2D eigenvalue weighted by molar-refractivity contribution is 0.0995. The van der Waals surface area contributed by atoms with E-state index in [-0.39, 0.29) is 11.3 Å². The number of aromatic nitrogens is 3. The van der Waals surface area contributed by atoms with Crippen molar-refractivity contribution in [1.29, 1.82) is 0 Å². The predicted octanol–water partition coefficient (Wildman–Crippen LogP) is 0.164. The van der Waals surface area contributed by atoms with Gasteiger partial charge < -0.3 is 15.8 Å². The highest BCUT2D eigenvalue weighted by Crippen LogP contribution is 2.25. The first-order valence-electron chi connectivity index (χ1n) is 5.27. The van der Waals surface area contributed by atoms with E-state index in [1.165, 1.54) is 25.4 Å². The highest BCUT2D eigenvalue weighted by Gasteiger charge is 2.13. The second-order valence-corrected chi connectivity index (χ2v) is 3.59. The van der Waals surface area contributed by atoms with Gasteiger partial charge in [-0.3, -0.25) is 9.59 Å². The van der Waals surface area contributed by atoms with Crippen molar-refractivity contribution in [2.45, 2.75) is 0 Å². The number of methoxy groups -OCH3 is 1. The molecule has 0 saturated heterocycles. The first-order chi connectivity index (χ1) is 9.11. The summed E-state index contributed by atoms with van der Waals surface area (Å²) < 4.78 is 5.09. The van der Waals surface area contributed by atoms with E-state index in [1.807, 2.05) is 0 Å². The summed E-state index contributed by atoms with van der Waals surface area (Å²) in [6, 6.07) is 4.48. The van der Waals surface area contributed by atoms with Crippen LogP contribution in [0, 0.1) is 0 Å². The number of nitrogens with one attached hydrogen (secondary N) is 2. The molecule has 0 radical (unpaired) electrons. The van der Waals surface area contributed by atoms with Gasteiger partial charge in [0.2, 0.25) is 5.91 Å². The summed E-state index contributed by atoms with van der Waals surface area (Å²) in [5.41, 5.74) is 5.88. The van der Waals surface area contributed by atoms with Crippen LogP contribution in [0.5, 0.6) is 5.75 Å². The van der Waals surface area contributed by atoms with E-state index in [0.717, 1.165) is 0 Å². The molecule has 0 unspecified atom stereocenters. The van der Waals surface area contributed by atoms with Gasteiger partial charge in [0.05, 0.1) is 19.0 Å². The number of hydrogen-bond acceptors (Lipinski definition) is 5. The lowest BCUT2D eigenvalue weighted by atomic mass is 10.1. The lowest BCUT2D eigenvalue weighted by Gasteiger charge is -2.10. The minimum absolute atomic E-state index is 0.117. The van der Waals surface area contributed by atoms with Gasteiger partial charge in [0.1, 0.15) is 5.75 Å². The molecular weight excluding hydrogens is 250 g/mol. The van der Waals surface area contributed by atoms with Crippen LogP contribution in [0.2, 0.25) is 0 Å². The number of rotatable bonds is 4. The summed E-state index contributed by atoms with van der Waals surface area (Å²) in [5.74, 6) is -0.671. The number of carbonyl (C=O) groups is 2. The minimum atomic E-state index is -0.598. The molecular formula is C11H11N5O3. The van der Waals surface area contributed by atoms with Gasteiger partial charge in [0.25, 0.3) is 5.91 Å². The maximum absolute atomic E-state index is 11.8. The van der Waals surface area contributed by atoms with E-state index in [1.54, 1.807) is 6.07 Å². The van der Waals surface area contributed by atoms with Gasteiger partial charge in [-0.15, -0.1) is 0 Å². The molecule has 1 aromatic heterocycles. The average molecular weight is 261 g/mol. The Morgan fingerprint density at radius 2 is 2.21 bits per heavy atom. The first-order valence-corrected chi connectivity index (χ1v) is 5.27. The van der Waals surface area contributed by atoms with Crippen LogP contribution in [-0.2, 0) is 0 Å². The molecule has 0 bridgehead atoms. The van der Waals surface area contributed by atoms with Gasteiger partial charge in [-0.2, -0.15) is 15.4 Å². The van der Waals surface area contributed by atoms with Gasteiger partial charge in [-0.05, 0) is 18.2 Å². The van der Waals surface area contributed by atoms with Crippen molar-refractivity contribution in [3.63, 3.8) is 0 Å². The number of amides is 2. The molecule has 0 aliphatic rings. The second-order valence-electron chi connectivity index (χ2n) is 3.59. The van der Waals surface area contributed by atoms with Crippen LogP contribution in [0.25, 0.3) is 0 Å². The fourth-order valence-electron chi connectivity index (χ4n) is 1.46. The van der Waals surface area contributed by atoms with Gasteiger partial charge in [-0.25, -0.2) is 0 Å². The van der Waals surface area contributed by atoms with Crippen molar-refractivity contribution in [3.05, 3.63) is 35.7 Å². The molecule has 0 atom stereocenters. The predicted molar refractivity (Wildman–Crippen MR) is 65.8 cm³/mol. The maximum atomic E-state index is 11.8. The van der Waals surface area contributed by atoms with Gasteiger partial charge in [-0.1, -0.05) is 0 Å². The van der Waals surface area contributed by atoms with E-state index < -0.39 is 11.8 Å². The molecule has 0 aliphatic heterocycles. The number of ether oxygens (including phenoxy) is 1. The van der Waals surface area contributed by atoms with Crippen LogP contribution >= 0.6 is 0 Å². The minimum Gasteiger partial charge on any atom is -0.495 e. The topological polar surface area (TPSA) is 123 Å². The molecule has 1 heterocycles. The quantitative estimate of drug-likeness (QED) is 0.723. The van der Waals surface area contributed by atoms with Crippen LogP contribution in [0.1, 0.15) is 20.8 Å². The molecule has 1 aromatic carbocycles. The van der Waals surface area contributed by atoms with Crippen LogP contribution < -0.4 is 15.8 Å². The molecule has 0 aliphatic carbocycles. The number of aromatic amines is 1. The molecule has 0 saturated carbocycles. The van der Waals surface area contributed by atoms with Crippen molar-refractivity contribution >= 4 is 17.5 Å². The number of primary amides is 1. The summed E-state index contributed by atoms with van der Waals surface area (Å²) in [4.78, 5) is 22.9. The summed E-state index contributed by atoms with van der Waals surface area (Å²) in [6.07, 6.45) is 1.28. The molecule has 0 fully saturated rings. The van der Waals surface area contributed by atoms with Crippen molar-refractivity contribution < 1.29 is 14.3 Å². The second kappa shape index (κ2) is 5.17. The van der Waals surface area contributed by atoms with E-state index in [0.29, 0.717) is 11.4 Å². The first kappa shape index (κ1) is 12.6. The van der Waals surface area contributed by atoms with E-state index in [4.69, 9.17) is 10.5 Å². The third-order valence-corrected chi connectivity index (χ3v) is 2.38. The lowest BCUT2D eigenvalue weighted by Crippen LogP contribution is -2.15. The Balaban J connectivity index is 2.30. The van der Waals surface area contributed by atoms with E-state index in [9.17, 15) is 9.59 Å². The maximum Gasteiger partial charge on any atom is 0.277 e. The van der Waals surface area contributed by atoms with E-state index in [2.05, 4.69) is 20.7 Å². The number of H-pyrrole nitrogens is 1. The summed E-state index contributed by atoms with van der Waals surface area (Å²) in [6.45, 7) is 0. The fourth-order valence-corrected chi connectivity index (χ4v) is 1.46. The van der Waals surface area contributed by atoms with Gasteiger partial charge in [0, 0.05) is 5.56 Å². The molecule has 0 spiro atoms. The molecule has 2 aromatic rings. The Morgan fingerprint density at radius 1 is 1.42 bits per heavy atom. The number of anilines is 1. The average Bonchev–Trinajstić information content (AvgIpc) is 2.92.